The highest BCUT2D eigenvalue weighted by Crippen LogP contribution is 2.41. The van der Waals surface area contributed by atoms with E-state index in [1.165, 1.54) is 33.6 Å². The molecular weight excluding hydrogens is 279 g/mol. The fraction of sp³-hybridized carbons (Fsp3) is 0.263. The van der Waals surface area contributed by atoms with Crippen molar-refractivity contribution in [1.82, 2.24) is 0 Å². The van der Waals surface area contributed by atoms with Gasteiger partial charge in [0, 0.05) is 4.90 Å². The fourth-order valence-electron chi connectivity index (χ4n) is 3.12. The topological polar surface area (TPSA) is 0 Å². The Morgan fingerprint density at radius 2 is 1.67 bits per heavy atom. The molecule has 0 amide bonds. The van der Waals surface area contributed by atoms with Crippen molar-refractivity contribution in [1.29, 1.82) is 0 Å². The zero-order valence-electron chi connectivity index (χ0n) is 12.4. The molecule has 0 saturated heterocycles. The number of hydrogen-bond donors (Lipinski definition) is 0. The van der Waals surface area contributed by atoms with Crippen molar-refractivity contribution in [3.8, 4) is 0 Å². The third-order valence-electron chi connectivity index (χ3n) is 4.17. The van der Waals surface area contributed by atoms with Crippen molar-refractivity contribution in [3.05, 3.63) is 65.0 Å². The lowest BCUT2D eigenvalue weighted by molar-refractivity contribution is 0.626. The van der Waals surface area contributed by atoms with E-state index in [1.54, 1.807) is 23.9 Å². The van der Waals surface area contributed by atoms with Crippen LogP contribution in [0.15, 0.2) is 47.4 Å². The van der Waals surface area contributed by atoms with Crippen LogP contribution in [0.2, 0.25) is 0 Å². The first-order valence-electron chi connectivity index (χ1n) is 7.32. The first-order chi connectivity index (χ1) is 10.2. The van der Waals surface area contributed by atoms with Crippen LogP contribution in [0, 0.1) is 12.7 Å². The van der Waals surface area contributed by atoms with Gasteiger partial charge in [-0.1, -0.05) is 18.2 Å². The fourth-order valence-corrected chi connectivity index (χ4v) is 3.53. The van der Waals surface area contributed by atoms with E-state index in [4.69, 9.17) is 0 Å². The Morgan fingerprint density at radius 3 is 2.33 bits per heavy atom. The first kappa shape index (κ1) is 14.4. The van der Waals surface area contributed by atoms with Crippen LogP contribution in [0.4, 0.5) is 4.39 Å². The highest BCUT2D eigenvalue weighted by molar-refractivity contribution is 7.98. The third kappa shape index (κ3) is 2.91. The molecule has 0 unspecified atom stereocenters. The van der Waals surface area contributed by atoms with Gasteiger partial charge in [0.2, 0.25) is 0 Å². The minimum atomic E-state index is -0.152. The van der Waals surface area contributed by atoms with E-state index in [9.17, 15) is 4.39 Å². The summed E-state index contributed by atoms with van der Waals surface area (Å²) in [4.78, 5) is 1.29. The number of benzene rings is 2. The predicted molar refractivity (Wildman–Crippen MR) is 90.0 cm³/mol. The smallest absolute Gasteiger partial charge is 0.123 e. The van der Waals surface area contributed by atoms with Gasteiger partial charge in [0.25, 0.3) is 0 Å². The summed E-state index contributed by atoms with van der Waals surface area (Å²) in [6, 6.07) is 13.9. The number of halogens is 1. The Hall–Kier alpha value is -1.54. The van der Waals surface area contributed by atoms with Gasteiger partial charge >= 0.3 is 0 Å². The van der Waals surface area contributed by atoms with Crippen LogP contribution in [0.3, 0.4) is 0 Å². The number of hydrogen-bond acceptors (Lipinski definition) is 1. The lowest BCUT2D eigenvalue weighted by Crippen LogP contribution is -1.91. The monoisotopic (exact) mass is 298 g/mol. The molecule has 0 heterocycles. The molecular formula is C19H19FS. The lowest BCUT2D eigenvalue weighted by atomic mass is 9.94. The Balaban J connectivity index is 2.05. The molecule has 0 aliphatic heterocycles. The molecule has 21 heavy (non-hydrogen) atoms. The van der Waals surface area contributed by atoms with E-state index in [2.05, 4.69) is 30.5 Å². The zero-order chi connectivity index (χ0) is 14.8. The van der Waals surface area contributed by atoms with E-state index >= 15 is 0 Å². The minimum absolute atomic E-state index is 0.152. The molecule has 0 spiro atoms. The third-order valence-corrected chi connectivity index (χ3v) is 4.91. The van der Waals surface area contributed by atoms with Gasteiger partial charge in [-0.05, 0) is 84.5 Å². The van der Waals surface area contributed by atoms with Crippen LogP contribution in [0.1, 0.15) is 36.0 Å². The van der Waals surface area contributed by atoms with E-state index in [-0.39, 0.29) is 5.82 Å². The molecule has 3 rings (SSSR count). The Kier molecular flexibility index (Phi) is 4.16. The highest BCUT2D eigenvalue weighted by atomic mass is 32.2. The van der Waals surface area contributed by atoms with Crippen molar-refractivity contribution in [3.63, 3.8) is 0 Å². The van der Waals surface area contributed by atoms with Gasteiger partial charge in [0.05, 0.1) is 0 Å². The number of thioether (sulfide) groups is 1. The van der Waals surface area contributed by atoms with Crippen molar-refractivity contribution in [2.45, 2.75) is 31.1 Å². The highest BCUT2D eigenvalue weighted by Gasteiger charge is 2.19. The van der Waals surface area contributed by atoms with E-state index in [0.717, 1.165) is 18.4 Å². The standard InChI is InChI=1S/C19H19FS/c1-13-12-15(20)8-11-17(13)19-5-3-4-18(19)14-6-9-16(21-2)10-7-14/h6-12H,3-5H2,1-2H3. The summed E-state index contributed by atoms with van der Waals surface area (Å²) >= 11 is 1.76. The largest absolute Gasteiger partial charge is 0.207 e. The van der Waals surface area contributed by atoms with Crippen LogP contribution >= 0.6 is 11.8 Å². The normalized spacial score (nSPS) is 14.8. The molecule has 0 atom stereocenters. The molecule has 108 valence electrons. The molecule has 0 fully saturated rings. The maximum atomic E-state index is 13.3. The molecule has 1 aliphatic rings. The molecule has 0 bridgehead atoms. The van der Waals surface area contributed by atoms with Crippen molar-refractivity contribution >= 4 is 22.9 Å². The van der Waals surface area contributed by atoms with Crippen molar-refractivity contribution in [2.24, 2.45) is 0 Å². The number of rotatable bonds is 3. The second kappa shape index (κ2) is 6.07. The molecule has 0 radical (unpaired) electrons. The van der Waals surface area contributed by atoms with Gasteiger partial charge in [-0.25, -0.2) is 4.39 Å². The Labute approximate surface area is 130 Å². The van der Waals surface area contributed by atoms with Gasteiger partial charge in [0.15, 0.2) is 0 Å². The van der Waals surface area contributed by atoms with Crippen molar-refractivity contribution < 1.29 is 4.39 Å². The first-order valence-corrected chi connectivity index (χ1v) is 8.54. The van der Waals surface area contributed by atoms with Gasteiger partial charge in [-0.3, -0.25) is 0 Å². The maximum Gasteiger partial charge on any atom is 0.123 e. The molecule has 0 N–H and O–H groups in total. The summed E-state index contributed by atoms with van der Waals surface area (Å²) in [5.41, 5.74) is 6.37. The molecule has 2 aromatic rings. The van der Waals surface area contributed by atoms with Gasteiger partial charge in [-0.15, -0.1) is 11.8 Å². The quantitative estimate of drug-likeness (QED) is 0.631. The second-order valence-electron chi connectivity index (χ2n) is 5.50. The van der Waals surface area contributed by atoms with Crippen LogP contribution < -0.4 is 0 Å². The average Bonchev–Trinajstić information content (AvgIpc) is 2.96. The van der Waals surface area contributed by atoms with E-state index in [0.29, 0.717) is 0 Å². The van der Waals surface area contributed by atoms with Gasteiger partial charge < -0.3 is 0 Å². The van der Waals surface area contributed by atoms with Gasteiger partial charge in [-0.2, -0.15) is 0 Å². The minimum Gasteiger partial charge on any atom is -0.207 e. The Bertz CT molecular complexity index is 683. The number of allylic oxidation sites excluding steroid dienone is 2. The zero-order valence-corrected chi connectivity index (χ0v) is 13.3. The summed E-state index contributed by atoms with van der Waals surface area (Å²) in [6.45, 7) is 2.00. The molecule has 2 heteroatoms. The van der Waals surface area contributed by atoms with Crippen LogP contribution in [0.5, 0.6) is 0 Å². The van der Waals surface area contributed by atoms with Crippen LogP contribution in [0.25, 0.3) is 11.1 Å². The van der Waals surface area contributed by atoms with Crippen LogP contribution in [-0.2, 0) is 0 Å². The molecule has 0 saturated carbocycles. The lowest BCUT2D eigenvalue weighted by Gasteiger charge is -2.11. The average molecular weight is 298 g/mol. The Morgan fingerprint density at radius 1 is 0.952 bits per heavy atom. The molecule has 1 aliphatic carbocycles. The summed E-state index contributed by atoms with van der Waals surface area (Å²) < 4.78 is 13.3. The number of aryl methyl sites for hydroxylation is 1. The summed E-state index contributed by atoms with van der Waals surface area (Å²) in [5, 5.41) is 0. The second-order valence-corrected chi connectivity index (χ2v) is 6.38. The van der Waals surface area contributed by atoms with E-state index < -0.39 is 0 Å². The SMILES string of the molecule is CSc1ccc(C2=C(c3ccc(F)cc3C)CCC2)cc1. The maximum absolute atomic E-state index is 13.3. The molecule has 2 aromatic carbocycles. The summed E-state index contributed by atoms with van der Waals surface area (Å²) in [7, 11) is 0. The van der Waals surface area contributed by atoms with Crippen LogP contribution in [-0.4, -0.2) is 6.26 Å². The van der Waals surface area contributed by atoms with E-state index in [1.807, 2.05) is 13.0 Å². The predicted octanol–water partition coefficient (Wildman–Crippen LogP) is 5.95. The molecule has 0 aromatic heterocycles. The molecule has 0 nitrogen and oxygen atoms in total. The summed E-state index contributed by atoms with van der Waals surface area (Å²) in [6.07, 6.45) is 5.49. The van der Waals surface area contributed by atoms with Crippen molar-refractivity contribution in [2.75, 3.05) is 6.26 Å². The van der Waals surface area contributed by atoms with Gasteiger partial charge in [0.1, 0.15) is 5.82 Å². The summed E-state index contributed by atoms with van der Waals surface area (Å²) in [5.74, 6) is -0.152.